The van der Waals surface area contributed by atoms with E-state index in [1.807, 2.05) is 6.07 Å². The van der Waals surface area contributed by atoms with Crippen LogP contribution < -0.4 is 4.74 Å². The highest BCUT2D eigenvalue weighted by Gasteiger charge is 2.00. The summed E-state index contributed by atoms with van der Waals surface area (Å²) < 4.78 is 18.0. The molecule has 0 radical (unpaired) electrons. The Bertz CT molecular complexity index is 348. The average molecular weight is 214 g/mol. The van der Waals surface area contributed by atoms with Crippen LogP contribution >= 0.6 is 11.6 Å². The van der Waals surface area contributed by atoms with Crippen LogP contribution in [0.1, 0.15) is 12.8 Å². The Morgan fingerprint density at radius 1 is 1.50 bits per heavy atom. The van der Waals surface area contributed by atoms with Gasteiger partial charge in [-0.25, -0.2) is 4.39 Å². The molecule has 0 aromatic heterocycles. The van der Waals surface area contributed by atoms with Crippen molar-refractivity contribution in [2.45, 2.75) is 12.8 Å². The Kier molecular flexibility index (Phi) is 4.21. The largest absolute Gasteiger partial charge is 0.494 e. The number of nitriles is 1. The van der Waals surface area contributed by atoms with E-state index in [9.17, 15) is 4.39 Å². The van der Waals surface area contributed by atoms with Crippen molar-refractivity contribution in [3.63, 3.8) is 0 Å². The maximum atomic E-state index is 12.7. The van der Waals surface area contributed by atoms with Gasteiger partial charge in [0.15, 0.2) is 0 Å². The zero-order valence-corrected chi connectivity index (χ0v) is 8.22. The van der Waals surface area contributed by atoms with Crippen molar-refractivity contribution in [2.75, 3.05) is 6.61 Å². The maximum absolute atomic E-state index is 12.7. The number of benzene rings is 1. The summed E-state index contributed by atoms with van der Waals surface area (Å²) in [6.45, 7) is 0.440. The van der Waals surface area contributed by atoms with E-state index in [4.69, 9.17) is 21.6 Å². The van der Waals surface area contributed by atoms with Gasteiger partial charge >= 0.3 is 0 Å². The SMILES string of the molecule is N#CCCCOc1ccc(F)c(Cl)c1. The predicted molar refractivity (Wildman–Crippen MR) is 51.8 cm³/mol. The zero-order valence-electron chi connectivity index (χ0n) is 7.46. The number of nitrogens with zero attached hydrogens (tertiary/aromatic N) is 1. The molecule has 4 heteroatoms. The fraction of sp³-hybridized carbons (Fsp3) is 0.300. The highest BCUT2D eigenvalue weighted by Crippen LogP contribution is 2.21. The first-order chi connectivity index (χ1) is 6.74. The van der Waals surface area contributed by atoms with Crippen LogP contribution in [0.3, 0.4) is 0 Å². The van der Waals surface area contributed by atoms with E-state index in [-0.39, 0.29) is 5.02 Å². The number of rotatable bonds is 4. The van der Waals surface area contributed by atoms with Crippen LogP contribution in [0.4, 0.5) is 4.39 Å². The molecule has 2 nitrogen and oxygen atoms in total. The Balaban J connectivity index is 2.44. The van der Waals surface area contributed by atoms with Crippen molar-refractivity contribution in [1.29, 1.82) is 5.26 Å². The van der Waals surface area contributed by atoms with Gasteiger partial charge in [-0.3, -0.25) is 0 Å². The second-order valence-corrected chi connectivity index (χ2v) is 3.09. The lowest BCUT2D eigenvalue weighted by atomic mass is 10.3. The monoisotopic (exact) mass is 213 g/mol. The third kappa shape index (κ3) is 3.23. The molecule has 0 amide bonds. The molecule has 0 unspecified atom stereocenters. The summed E-state index contributed by atoms with van der Waals surface area (Å²) in [5, 5.41) is 8.31. The molecular weight excluding hydrogens is 205 g/mol. The molecule has 0 aliphatic carbocycles. The van der Waals surface area contributed by atoms with Gasteiger partial charge in [-0.2, -0.15) is 5.26 Å². The summed E-state index contributed by atoms with van der Waals surface area (Å²) in [6, 6.07) is 6.19. The number of hydrogen-bond acceptors (Lipinski definition) is 2. The fourth-order valence-corrected chi connectivity index (χ4v) is 1.08. The summed E-state index contributed by atoms with van der Waals surface area (Å²) >= 11 is 5.55. The quantitative estimate of drug-likeness (QED) is 0.720. The van der Waals surface area contributed by atoms with Crippen LogP contribution in [0.25, 0.3) is 0 Å². The van der Waals surface area contributed by atoms with Gasteiger partial charge < -0.3 is 4.74 Å². The molecule has 0 saturated heterocycles. The standard InChI is InChI=1S/C10H9ClFNO/c11-9-7-8(3-4-10(9)12)14-6-2-1-5-13/h3-4,7H,1-2,6H2. The van der Waals surface area contributed by atoms with E-state index in [0.717, 1.165) is 0 Å². The van der Waals surface area contributed by atoms with Gasteiger partial charge in [0.1, 0.15) is 11.6 Å². The maximum Gasteiger partial charge on any atom is 0.142 e. The molecule has 74 valence electrons. The minimum absolute atomic E-state index is 0.0442. The molecule has 0 heterocycles. The van der Waals surface area contributed by atoms with E-state index in [0.29, 0.717) is 25.2 Å². The minimum Gasteiger partial charge on any atom is -0.494 e. The Morgan fingerprint density at radius 3 is 2.93 bits per heavy atom. The minimum atomic E-state index is -0.462. The highest BCUT2D eigenvalue weighted by molar-refractivity contribution is 6.30. The molecule has 1 aromatic carbocycles. The van der Waals surface area contributed by atoms with Gasteiger partial charge in [0.25, 0.3) is 0 Å². The Labute approximate surface area is 86.9 Å². The fourth-order valence-electron chi connectivity index (χ4n) is 0.908. The van der Waals surface area contributed by atoms with E-state index in [2.05, 4.69) is 0 Å². The van der Waals surface area contributed by atoms with Crippen molar-refractivity contribution in [2.24, 2.45) is 0 Å². The van der Waals surface area contributed by atoms with Crippen LogP contribution in [0.2, 0.25) is 5.02 Å². The molecule has 0 N–H and O–H groups in total. The summed E-state index contributed by atoms with van der Waals surface area (Å²) in [6.07, 6.45) is 1.11. The molecule has 0 aliphatic heterocycles. The van der Waals surface area contributed by atoms with Crippen LogP contribution in [0, 0.1) is 17.1 Å². The second-order valence-electron chi connectivity index (χ2n) is 2.69. The summed E-state index contributed by atoms with van der Waals surface area (Å²) in [5.41, 5.74) is 0. The number of unbranched alkanes of at least 4 members (excludes halogenated alkanes) is 1. The zero-order chi connectivity index (χ0) is 10.4. The predicted octanol–water partition coefficient (Wildman–Crippen LogP) is 3.16. The van der Waals surface area contributed by atoms with Crippen LogP contribution in [-0.2, 0) is 0 Å². The molecule has 0 saturated carbocycles. The summed E-state index contributed by atoms with van der Waals surface area (Å²) in [4.78, 5) is 0. The molecule has 14 heavy (non-hydrogen) atoms. The van der Waals surface area contributed by atoms with Gasteiger partial charge in [-0.05, 0) is 18.6 Å². The average Bonchev–Trinajstić information content (AvgIpc) is 2.18. The normalized spacial score (nSPS) is 9.50. The molecular formula is C10H9ClFNO. The lowest BCUT2D eigenvalue weighted by Gasteiger charge is -2.04. The van der Waals surface area contributed by atoms with Crippen molar-refractivity contribution >= 4 is 11.6 Å². The first-order valence-corrected chi connectivity index (χ1v) is 4.56. The Morgan fingerprint density at radius 2 is 2.29 bits per heavy atom. The summed E-state index contributed by atoms with van der Waals surface area (Å²) in [5.74, 6) is 0.0605. The lowest BCUT2D eigenvalue weighted by molar-refractivity contribution is 0.312. The van der Waals surface area contributed by atoms with Crippen molar-refractivity contribution in [3.05, 3.63) is 29.0 Å². The molecule has 1 rings (SSSR count). The third-order valence-electron chi connectivity index (χ3n) is 1.59. The van der Waals surface area contributed by atoms with Crippen molar-refractivity contribution in [3.8, 4) is 11.8 Å². The van der Waals surface area contributed by atoms with Crippen molar-refractivity contribution in [1.82, 2.24) is 0 Å². The first kappa shape index (κ1) is 10.8. The highest BCUT2D eigenvalue weighted by atomic mass is 35.5. The van der Waals surface area contributed by atoms with E-state index in [1.165, 1.54) is 18.2 Å². The molecule has 0 fully saturated rings. The Hall–Kier alpha value is -1.27. The van der Waals surface area contributed by atoms with Crippen LogP contribution in [0.5, 0.6) is 5.75 Å². The van der Waals surface area contributed by atoms with E-state index in [1.54, 1.807) is 0 Å². The first-order valence-electron chi connectivity index (χ1n) is 4.19. The van der Waals surface area contributed by atoms with E-state index >= 15 is 0 Å². The van der Waals surface area contributed by atoms with Gasteiger partial charge in [0, 0.05) is 12.5 Å². The molecule has 0 atom stereocenters. The van der Waals surface area contributed by atoms with Gasteiger partial charge in [-0.1, -0.05) is 11.6 Å². The lowest BCUT2D eigenvalue weighted by Crippen LogP contribution is -1.96. The van der Waals surface area contributed by atoms with E-state index < -0.39 is 5.82 Å². The van der Waals surface area contributed by atoms with Crippen LogP contribution in [-0.4, -0.2) is 6.61 Å². The second kappa shape index (κ2) is 5.46. The van der Waals surface area contributed by atoms with Crippen molar-refractivity contribution < 1.29 is 9.13 Å². The molecule has 0 spiro atoms. The molecule has 1 aromatic rings. The van der Waals surface area contributed by atoms with Crippen LogP contribution in [0.15, 0.2) is 18.2 Å². The number of hydrogen-bond donors (Lipinski definition) is 0. The van der Waals surface area contributed by atoms with Gasteiger partial charge in [0.05, 0.1) is 17.7 Å². The third-order valence-corrected chi connectivity index (χ3v) is 1.88. The topological polar surface area (TPSA) is 33.0 Å². The smallest absolute Gasteiger partial charge is 0.142 e. The number of halogens is 2. The summed E-state index contributed by atoms with van der Waals surface area (Å²) in [7, 11) is 0. The van der Waals surface area contributed by atoms with Gasteiger partial charge in [0.2, 0.25) is 0 Å². The number of ether oxygens (including phenoxy) is 1. The van der Waals surface area contributed by atoms with Gasteiger partial charge in [-0.15, -0.1) is 0 Å². The molecule has 0 aliphatic rings. The molecule has 0 bridgehead atoms.